The van der Waals surface area contributed by atoms with E-state index in [2.05, 4.69) is 0 Å². The SMILES string of the molecule is COc1ccc([N+](=O)[O-])cc1OC(=O)c1ccc(C)cc1. The second-order valence-corrected chi connectivity index (χ2v) is 4.35. The fourth-order valence-corrected chi connectivity index (χ4v) is 1.71. The number of hydrogen-bond acceptors (Lipinski definition) is 5. The average molecular weight is 287 g/mol. The molecule has 0 aliphatic carbocycles. The van der Waals surface area contributed by atoms with E-state index in [9.17, 15) is 14.9 Å². The lowest BCUT2D eigenvalue weighted by molar-refractivity contribution is -0.384. The molecule has 0 aliphatic rings. The summed E-state index contributed by atoms with van der Waals surface area (Å²) >= 11 is 0. The van der Waals surface area contributed by atoms with Gasteiger partial charge in [0.25, 0.3) is 5.69 Å². The maximum atomic E-state index is 12.0. The summed E-state index contributed by atoms with van der Waals surface area (Å²) in [5.74, 6) is -0.341. The topological polar surface area (TPSA) is 78.7 Å². The molecule has 0 saturated heterocycles. The zero-order valence-electron chi connectivity index (χ0n) is 11.5. The van der Waals surface area contributed by atoms with Crippen LogP contribution in [0.25, 0.3) is 0 Å². The lowest BCUT2D eigenvalue weighted by Crippen LogP contribution is -2.09. The van der Waals surface area contributed by atoms with Gasteiger partial charge in [0.2, 0.25) is 0 Å². The molecule has 2 rings (SSSR count). The third-order valence-corrected chi connectivity index (χ3v) is 2.85. The summed E-state index contributed by atoms with van der Waals surface area (Å²) in [5, 5.41) is 10.8. The van der Waals surface area contributed by atoms with Crippen LogP contribution < -0.4 is 9.47 Å². The first kappa shape index (κ1) is 14.5. The van der Waals surface area contributed by atoms with Crippen molar-refractivity contribution >= 4 is 11.7 Å². The van der Waals surface area contributed by atoms with E-state index in [0.29, 0.717) is 5.56 Å². The van der Waals surface area contributed by atoms with Gasteiger partial charge < -0.3 is 9.47 Å². The second-order valence-electron chi connectivity index (χ2n) is 4.35. The molecule has 0 bridgehead atoms. The summed E-state index contributed by atoms with van der Waals surface area (Å²) in [6, 6.07) is 10.6. The number of ether oxygens (including phenoxy) is 2. The van der Waals surface area contributed by atoms with Crippen LogP contribution in [0.4, 0.5) is 5.69 Å². The molecule has 6 nitrogen and oxygen atoms in total. The molecule has 0 N–H and O–H groups in total. The van der Waals surface area contributed by atoms with Gasteiger partial charge in [0.15, 0.2) is 11.5 Å². The highest BCUT2D eigenvalue weighted by molar-refractivity contribution is 5.91. The fraction of sp³-hybridized carbons (Fsp3) is 0.133. The minimum atomic E-state index is -0.603. The van der Waals surface area contributed by atoms with Gasteiger partial charge in [0, 0.05) is 6.07 Å². The van der Waals surface area contributed by atoms with Crippen molar-refractivity contribution in [3.8, 4) is 11.5 Å². The summed E-state index contributed by atoms with van der Waals surface area (Å²) in [4.78, 5) is 22.2. The second kappa shape index (κ2) is 6.04. The van der Waals surface area contributed by atoms with Crippen molar-refractivity contribution in [2.75, 3.05) is 7.11 Å². The molecule has 6 heteroatoms. The van der Waals surface area contributed by atoms with Crippen molar-refractivity contribution in [3.05, 3.63) is 63.7 Å². The Morgan fingerprint density at radius 1 is 1.10 bits per heavy atom. The number of benzene rings is 2. The van der Waals surface area contributed by atoms with Crippen LogP contribution in [0.5, 0.6) is 11.5 Å². The van der Waals surface area contributed by atoms with Crippen molar-refractivity contribution < 1.29 is 19.2 Å². The molecule has 0 fully saturated rings. The molecule has 2 aromatic rings. The zero-order valence-corrected chi connectivity index (χ0v) is 11.5. The van der Waals surface area contributed by atoms with E-state index in [1.165, 1.54) is 19.2 Å². The van der Waals surface area contributed by atoms with Crippen LogP contribution in [-0.4, -0.2) is 18.0 Å². The first-order valence-corrected chi connectivity index (χ1v) is 6.12. The molecule has 0 aromatic heterocycles. The Labute approximate surface area is 121 Å². The highest BCUT2D eigenvalue weighted by Gasteiger charge is 2.16. The molecule has 0 amide bonds. The number of carbonyl (C=O) groups is 1. The monoisotopic (exact) mass is 287 g/mol. The lowest BCUT2D eigenvalue weighted by Gasteiger charge is -2.09. The predicted octanol–water partition coefficient (Wildman–Crippen LogP) is 3.13. The van der Waals surface area contributed by atoms with Gasteiger partial charge in [-0.15, -0.1) is 0 Å². The number of hydrogen-bond donors (Lipinski definition) is 0. The molecule has 0 saturated carbocycles. The summed E-state index contributed by atoms with van der Waals surface area (Å²) in [7, 11) is 1.39. The molecule has 0 aliphatic heterocycles. The highest BCUT2D eigenvalue weighted by atomic mass is 16.6. The van der Waals surface area contributed by atoms with E-state index in [1.807, 2.05) is 6.92 Å². The van der Waals surface area contributed by atoms with E-state index >= 15 is 0 Å². The van der Waals surface area contributed by atoms with Crippen LogP contribution in [0.1, 0.15) is 15.9 Å². The van der Waals surface area contributed by atoms with Gasteiger partial charge in [-0.05, 0) is 25.1 Å². The lowest BCUT2D eigenvalue weighted by atomic mass is 10.1. The maximum absolute atomic E-state index is 12.0. The summed E-state index contributed by atoms with van der Waals surface area (Å²) in [5.41, 5.74) is 1.19. The van der Waals surface area contributed by atoms with Crippen molar-refractivity contribution in [2.45, 2.75) is 6.92 Å². The van der Waals surface area contributed by atoms with Crippen LogP contribution in [0.2, 0.25) is 0 Å². The molecular weight excluding hydrogens is 274 g/mol. The Balaban J connectivity index is 2.29. The number of methoxy groups -OCH3 is 1. The maximum Gasteiger partial charge on any atom is 0.343 e. The first-order chi connectivity index (χ1) is 10.0. The molecule has 21 heavy (non-hydrogen) atoms. The van der Waals surface area contributed by atoms with Gasteiger partial charge >= 0.3 is 5.97 Å². The molecule has 0 spiro atoms. The number of esters is 1. The number of nitrogens with zero attached hydrogens (tertiary/aromatic N) is 1. The number of nitro groups is 1. The third kappa shape index (κ3) is 3.36. The van der Waals surface area contributed by atoms with Crippen LogP contribution in [0, 0.1) is 17.0 Å². The van der Waals surface area contributed by atoms with E-state index in [4.69, 9.17) is 9.47 Å². The predicted molar refractivity (Wildman–Crippen MR) is 75.8 cm³/mol. The molecular formula is C15H13NO5. The van der Waals surface area contributed by atoms with E-state index in [-0.39, 0.29) is 17.2 Å². The van der Waals surface area contributed by atoms with Crippen LogP contribution in [0.3, 0.4) is 0 Å². The van der Waals surface area contributed by atoms with Crippen LogP contribution in [-0.2, 0) is 0 Å². The standard InChI is InChI=1S/C15H13NO5/c1-10-3-5-11(6-4-10)15(17)21-14-9-12(16(18)19)7-8-13(14)20-2/h3-9H,1-2H3. The summed E-state index contributed by atoms with van der Waals surface area (Å²) < 4.78 is 10.2. The van der Waals surface area contributed by atoms with E-state index in [0.717, 1.165) is 11.6 Å². The molecule has 2 aromatic carbocycles. The van der Waals surface area contributed by atoms with Crippen molar-refractivity contribution in [3.63, 3.8) is 0 Å². The highest BCUT2D eigenvalue weighted by Crippen LogP contribution is 2.31. The van der Waals surface area contributed by atoms with Gasteiger partial charge in [-0.25, -0.2) is 4.79 Å². The zero-order chi connectivity index (χ0) is 15.4. The Hall–Kier alpha value is -2.89. The van der Waals surface area contributed by atoms with Gasteiger partial charge in [-0.1, -0.05) is 17.7 Å². The van der Waals surface area contributed by atoms with Crippen molar-refractivity contribution in [1.29, 1.82) is 0 Å². The number of rotatable bonds is 4. The number of carbonyl (C=O) groups excluding carboxylic acids is 1. The minimum absolute atomic E-state index is 0.0114. The number of aryl methyl sites for hydroxylation is 1. The third-order valence-electron chi connectivity index (χ3n) is 2.85. The average Bonchev–Trinajstić information content (AvgIpc) is 2.47. The smallest absolute Gasteiger partial charge is 0.343 e. The van der Waals surface area contributed by atoms with E-state index < -0.39 is 10.9 Å². The molecule has 0 radical (unpaired) electrons. The Morgan fingerprint density at radius 3 is 2.33 bits per heavy atom. The number of non-ortho nitro benzene ring substituents is 1. The molecule has 0 heterocycles. The quantitative estimate of drug-likeness (QED) is 0.373. The molecule has 108 valence electrons. The summed E-state index contributed by atoms with van der Waals surface area (Å²) in [6.07, 6.45) is 0. The van der Waals surface area contributed by atoms with Gasteiger partial charge in [-0.3, -0.25) is 10.1 Å². The van der Waals surface area contributed by atoms with Crippen LogP contribution >= 0.6 is 0 Å². The van der Waals surface area contributed by atoms with Gasteiger partial charge in [0.1, 0.15) is 0 Å². The normalized spacial score (nSPS) is 10.0. The molecule has 0 atom stereocenters. The Kier molecular flexibility index (Phi) is 4.18. The van der Waals surface area contributed by atoms with Crippen molar-refractivity contribution in [1.82, 2.24) is 0 Å². The van der Waals surface area contributed by atoms with Crippen LogP contribution in [0.15, 0.2) is 42.5 Å². The van der Waals surface area contributed by atoms with Gasteiger partial charge in [0.05, 0.1) is 23.7 Å². The Bertz CT molecular complexity index is 679. The largest absolute Gasteiger partial charge is 0.493 e. The molecule has 0 unspecified atom stereocenters. The van der Waals surface area contributed by atoms with Crippen molar-refractivity contribution in [2.24, 2.45) is 0 Å². The summed E-state index contributed by atoms with van der Waals surface area (Å²) in [6.45, 7) is 1.90. The van der Waals surface area contributed by atoms with E-state index in [1.54, 1.807) is 24.3 Å². The van der Waals surface area contributed by atoms with Gasteiger partial charge in [-0.2, -0.15) is 0 Å². The Morgan fingerprint density at radius 2 is 1.76 bits per heavy atom. The number of nitro benzene ring substituents is 1. The first-order valence-electron chi connectivity index (χ1n) is 6.12. The fourth-order valence-electron chi connectivity index (χ4n) is 1.71. The minimum Gasteiger partial charge on any atom is -0.493 e.